The highest BCUT2D eigenvalue weighted by Gasteiger charge is 2.35. The summed E-state index contributed by atoms with van der Waals surface area (Å²) in [5.41, 5.74) is -0.496. The van der Waals surface area contributed by atoms with Crippen LogP contribution in [0.3, 0.4) is 0 Å². The van der Waals surface area contributed by atoms with Gasteiger partial charge in [-0.1, -0.05) is 40.9 Å². The number of alkyl halides is 3. The molecule has 0 saturated carbocycles. The van der Waals surface area contributed by atoms with E-state index < -0.39 is 17.8 Å². The molecule has 3 heterocycles. The lowest BCUT2D eigenvalue weighted by Gasteiger charge is -2.09. The average molecular weight is 504 g/mol. The van der Waals surface area contributed by atoms with Gasteiger partial charge in [-0.3, -0.25) is 9.48 Å². The molecule has 1 N–H and O–H groups in total. The van der Waals surface area contributed by atoms with Crippen LogP contribution in [-0.2, 0) is 12.7 Å². The summed E-state index contributed by atoms with van der Waals surface area (Å²) in [6.07, 6.45) is -3.19. The minimum Gasteiger partial charge on any atom is -0.302 e. The lowest BCUT2D eigenvalue weighted by atomic mass is 10.2. The van der Waals surface area contributed by atoms with E-state index in [2.05, 4.69) is 20.5 Å². The van der Waals surface area contributed by atoms with Gasteiger partial charge in [-0.25, -0.2) is 9.50 Å². The number of rotatable bonds is 4. The maximum absolute atomic E-state index is 13.3. The summed E-state index contributed by atoms with van der Waals surface area (Å²) < 4.78 is 41.9. The highest BCUT2D eigenvalue weighted by Crippen LogP contribution is 2.30. The van der Waals surface area contributed by atoms with Gasteiger partial charge < -0.3 is 5.32 Å². The van der Waals surface area contributed by atoms with E-state index in [4.69, 9.17) is 34.8 Å². The molecule has 0 spiro atoms. The fourth-order valence-electron chi connectivity index (χ4n) is 2.97. The zero-order valence-electron chi connectivity index (χ0n) is 16.1. The Labute approximate surface area is 193 Å². The van der Waals surface area contributed by atoms with Crippen molar-refractivity contribution >= 4 is 52.2 Å². The molecule has 7 nitrogen and oxygen atoms in total. The van der Waals surface area contributed by atoms with E-state index in [-0.39, 0.29) is 27.9 Å². The molecule has 0 fully saturated rings. The van der Waals surface area contributed by atoms with Crippen LogP contribution in [-0.4, -0.2) is 30.3 Å². The second-order valence-corrected chi connectivity index (χ2v) is 8.03. The third-order valence-corrected chi connectivity index (χ3v) is 5.37. The molecule has 3 aromatic heterocycles. The molecule has 0 unspecified atom stereocenters. The van der Waals surface area contributed by atoms with Crippen LogP contribution in [0.4, 0.5) is 19.0 Å². The normalized spacial score (nSPS) is 11.8. The van der Waals surface area contributed by atoms with Gasteiger partial charge in [0.25, 0.3) is 5.91 Å². The van der Waals surface area contributed by atoms with Crippen LogP contribution in [0.1, 0.15) is 27.4 Å². The second-order valence-electron chi connectivity index (χ2n) is 6.81. The zero-order valence-corrected chi connectivity index (χ0v) is 18.4. The predicted octanol–water partition coefficient (Wildman–Crippen LogP) is 5.51. The Morgan fingerprint density at radius 2 is 1.81 bits per heavy atom. The Morgan fingerprint density at radius 1 is 1.06 bits per heavy atom. The van der Waals surface area contributed by atoms with Crippen molar-refractivity contribution in [1.82, 2.24) is 24.4 Å². The van der Waals surface area contributed by atoms with Crippen LogP contribution in [0, 0.1) is 6.92 Å². The van der Waals surface area contributed by atoms with Gasteiger partial charge >= 0.3 is 6.18 Å². The van der Waals surface area contributed by atoms with Crippen molar-refractivity contribution in [2.24, 2.45) is 0 Å². The first-order valence-electron chi connectivity index (χ1n) is 8.94. The molecule has 0 aliphatic carbocycles. The zero-order chi connectivity index (χ0) is 23.2. The molecule has 0 aliphatic heterocycles. The van der Waals surface area contributed by atoms with Gasteiger partial charge in [0.2, 0.25) is 0 Å². The van der Waals surface area contributed by atoms with Crippen LogP contribution in [0.2, 0.25) is 15.1 Å². The number of halogens is 6. The summed E-state index contributed by atoms with van der Waals surface area (Å²) in [6, 6.07) is 7.07. The molecule has 1 amide bonds. The van der Waals surface area contributed by atoms with Crippen molar-refractivity contribution in [2.45, 2.75) is 19.6 Å². The summed E-state index contributed by atoms with van der Waals surface area (Å²) in [6.45, 7) is 1.71. The number of fused-ring (bicyclic) bond motifs is 1. The molecule has 32 heavy (non-hydrogen) atoms. The number of hydrogen-bond acceptors (Lipinski definition) is 4. The van der Waals surface area contributed by atoms with Gasteiger partial charge in [-0.15, -0.1) is 0 Å². The van der Waals surface area contributed by atoms with Crippen molar-refractivity contribution in [3.63, 3.8) is 0 Å². The van der Waals surface area contributed by atoms with Crippen LogP contribution < -0.4 is 5.32 Å². The first-order chi connectivity index (χ1) is 15.0. The number of anilines is 1. The van der Waals surface area contributed by atoms with E-state index in [0.717, 1.165) is 17.7 Å². The number of aryl methyl sites for hydroxylation is 1. The smallest absolute Gasteiger partial charge is 0.302 e. The summed E-state index contributed by atoms with van der Waals surface area (Å²) in [5, 5.41) is 11.3. The monoisotopic (exact) mass is 502 g/mol. The SMILES string of the molecule is Cc1cc(C(F)(F)F)n2nc(C(=O)Nc3nn(Cc4ccc(Cl)c(Cl)c4)cc3Cl)cc2n1. The van der Waals surface area contributed by atoms with Crippen LogP contribution in [0.15, 0.2) is 36.5 Å². The maximum atomic E-state index is 13.3. The third-order valence-electron chi connectivity index (χ3n) is 4.36. The summed E-state index contributed by atoms with van der Waals surface area (Å²) in [7, 11) is 0. The lowest BCUT2D eigenvalue weighted by Crippen LogP contribution is -2.16. The fraction of sp³-hybridized carbons (Fsp3) is 0.158. The van der Waals surface area contributed by atoms with E-state index >= 15 is 0 Å². The predicted molar refractivity (Wildman–Crippen MR) is 113 cm³/mol. The second kappa shape index (κ2) is 8.27. The van der Waals surface area contributed by atoms with E-state index in [1.54, 1.807) is 18.2 Å². The molecule has 166 valence electrons. The van der Waals surface area contributed by atoms with Gasteiger partial charge in [0.15, 0.2) is 17.2 Å². The first-order valence-corrected chi connectivity index (χ1v) is 10.1. The maximum Gasteiger partial charge on any atom is 0.433 e. The van der Waals surface area contributed by atoms with E-state index in [1.165, 1.54) is 17.8 Å². The highest BCUT2D eigenvalue weighted by atomic mass is 35.5. The summed E-state index contributed by atoms with van der Waals surface area (Å²) in [4.78, 5) is 16.6. The van der Waals surface area contributed by atoms with Gasteiger partial charge in [0, 0.05) is 18.0 Å². The Morgan fingerprint density at radius 3 is 2.50 bits per heavy atom. The van der Waals surface area contributed by atoms with Crippen LogP contribution in [0.25, 0.3) is 5.65 Å². The molecular formula is C19H12Cl3F3N6O. The van der Waals surface area contributed by atoms with Gasteiger partial charge in [0.05, 0.1) is 16.6 Å². The summed E-state index contributed by atoms with van der Waals surface area (Å²) >= 11 is 18.1. The number of nitrogens with one attached hydrogen (secondary N) is 1. The standard InChI is InChI=1S/C19H12Cl3F3N6O/c1-9-4-15(19(23,24)25)31-16(26-9)6-14(28-31)18(32)27-17-13(22)8-30(29-17)7-10-2-3-11(20)12(21)5-10/h2-6,8H,7H2,1H3,(H,27,29,32). The minimum atomic E-state index is -4.67. The highest BCUT2D eigenvalue weighted by molar-refractivity contribution is 6.42. The topological polar surface area (TPSA) is 77.1 Å². The molecule has 0 radical (unpaired) electrons. The minimum absolute atomic E-state index is 0.0222. The number of hydrogen-bond donors (Lipinski definition) is 1. The van der Waals surface area contributed by atoms with Crippen molar-refractivity contribution in [3.05, 3.63) is 74.2 Å². The van der Waals surface area contributed by atoms with E-state index in [0.29, 0.717) is 21.1 Å². The number of benzene rings is 1. The van der Waals surface area contributed by atoms with E-state index in [9.17, 15) is 18.0 Å². The van der Waals surface area contributed by atoms with Gasteiger partial charge in [-0.2, -0.15) is 23.4 Å². The Balaban J connectivity index is 1.58. The number of carbonyl (C=O) groups is 1. The largest absolute Gasteiger partial charge is 0.433 e. The van der Waals surface area contributed by atoms with E-state index in [1.807, 2.05) is 0 Å². The van der Waals surface area contributed by atoms with Crippen molar-refractivity contribution in [1.29, 1.82) is 0 Å². The fourth-order valence-corrected chi connectivity index (χ4v) is 3.49. The number of nitrogens with zero attached hydrogens (tertiary/aromatic N) is 5. The molecule has 1 aromatic carbocycles. The molecule has 0 atom stereocenters. The molecule has 4 aromatic rings. The average Bonchev–Trinajstić information content (AvgIpc) is 3.26. The number of carbonyl (C=O) groups excluding carboxylic acids is 1. The Bertz CT molecular complexity index is 1350. The van der Waals surface area contributed by atoms with Crippen LogP contribution >= 0.6 is 34.8 Å². The van der Waals surface area contributed by atoms with Gasteiger partial charge in [-0.05, 0) is 30.7 Å². The van der Waals surface area contributed by atoms with Crippen molar-refractivity contribution in [2.75, 3.05) is 5.32 Å². The molecule has 0 saturated heterocycles. The Hall–Kier alpha value is -2.82. The van der Waals surface area contributed by atoms with Crippen LogP contribution in [0.5, 0.6) is 0 Å². The molecule has 4 rings (SSSR count). The molecule has 0 bridgehead atoms. The Kier molecular flexibility index (Phi) is 5.78. The third kappa shape index (κ3) is 4.52. The quantitative estimate of drug-likeness (QED) is 0.398. The van der Waals surface area contributed by atoms with Gasteiger partial charge in [0.1, 0.15) is 10.7 Å². The molecule has 13 heteroatoms. The summed E-state index contributed by atoms with van der Waals surface area (Å²) in [5.74, 6) is -0.767. The van der Waals surface area contributed by atoms with Crippen molar-refractivity contribution in [3.8, 4) is 0 Å². The first kappa shape index (κ1) is 22.4. The number of amides is 1. The lowest BCUT2D eigenvalue weighted by molar-refractivity contribution is -0.142. The molecular weight excluding hydrogens is 492 g/mol. The molecule has 0 aliphatic rings. The number of aromatic nitrogens is 5. The van der Waals surface area contributed by atoms with Crippen molar-refractivity contribution < 1.29 is 18.0 Å².